The van der Waals surface area contributed by atoms with Crippen molar-refractivity contribution in [3.05, 3.63) is 47.5 Å². The Morgan fingerprint density at radius 1 is 1.09 bits per heavy atom. The molecule has 2 aliphatic carbocycles. The molecule has 4 atom stereocenters. The normalized spacial score (nSPS) is 29.4. The predicted molar refractivity (Wildman–Crippen MR) is 124 cm³/mol. The lowest BCUT2D eigenvalue weighted by Crippen LogP contribution is -2.55. The van der Waals surface area contributed by atoms with E-state index >= 15 is 0 Å². The van der Waals surface area contributed by atoms with Gasteiger partial charge in [-0.05, 0) is 61.2 Å². The maximum atomic E-state index is 13.5. The molecule has 0 radical (unpaired) electrons. The predicted octanol–water partition coefficient (Wildman–Crippen LogP) is 4.45. The van der Waals surface area contributed by atoms with E-state index in [9.17, 15) is 14.4 Å². The van der Waals surface area contributed by atoms with Crippen molar-refractivity contribution in [3.8, 4) is 0 Å². The molecule has 0 bridgehead atoms. The molecule has 0 spiro atoms. The number of ether oxygens (including phenoxy) is 4. The third-order valence-corrected chi connectivity index (χ3v) is 7.62. The van der Waals surface area contributed by atoms with Gasteiger partial charge in [-0.3, -0.25) is 9.59 Å². The number of rotatable bonds is 6. The number of allylic oxidation sites excluding steroid dienone is 1. The van der Waals surface area contributed by atoms with Crippen LogP contribution in [0.15, 0.2) is 42.0 Å². The molecule has 1 unspecified atom stereocenters. The van der Waals surface area contributed by atoms with Gasteiger partial charge in [0.25, 0.3) is 0 Å². The Morgan fingerprint density at radius 2 is 1.85 bits per heavy atom. The van der Waals surface area contributed by atoms with Gasteiger partial charge in [-0.25, -0.2) is 4.79 Å². The van der Waals surface area contributed by atoms with E-state index < -0.39 is 35.3 Å². The fraction of sp³-hybridized carbons (Fsp3) is 0.593. The van der Waals surface area contributed by atoms with Crippen molar-refractivity contribution in [2.24, 2.45) is 10.8 Å². The Kier molecular flexibility index (Phi) is 7.24. The highest BCUT2D eigenvalue weighted by molar-refractivity contribution is 5.96. The third-order valence-electron chi connectivity index (χ3n) is 7.62. The minimum atomic E-state index is -1.01. The van der Waals surface area contributed by atoms with Crippen LogP contribution in [0.1, 0.15) is 70.5 Å². The van der Waals surface area contributed by atoms with Crippen molar-refractivity contribution >= 4 is 17.7 Å². The van der Waals surface area contributed by atoms with Gasteiger partial charge in [-0.15, -0.1) is 0 Å². The van der Waals surface area contributed by atoms with Crippen LogP contribution in [-0.2, 0) is 33.3 Å². The molecule has 3 aliphatic rings. The molecule has 1 saturated carbocycles. The van der Waals surface area contributed by atoms with Crippen molar-refractivity contribution in [1.29, 1.82) is 0 Å². The zero-order valence-electron chi connectivity index (χ0n) is 20.2. The molecule has 4 rings (SSSR count). The minimum Gasteiger partial charge on any atom is -0.468 e. The first-order valence-corrected chi connectivity index (χ1v) is 12.1. The highest BCUT2D eigenvalue weighted by Crippen LogP contribution is 2.58. The van der Waals surface area contributed by atoms with Gasteiger partial charge in [-0.1, -0.05) is 44.2 Å². The van der Waals surface area contributed by atoms with E-state index in [-0.39, 0.29) is 18.2 Å². The molecule has 7 heteroatoms. The van der Waals surface area contributed by atoms with Crippen LogP contribution in [0.4, 0.5) is 0 Å². The van der Waals surface area contributed by atoms with Crippen molar-refractivity contribution in [3.63, 3.8) is 0 Å². The van der Waals surface area contributed by atoms with Crippen LogP contribution in [0, 0.1) is 10.8 Å². The average Bonchev–Trinajstić information content (AvgIpc) is 2.85. The summed E-state index contributed by atoms with van der Waals surface area (Å²) in [6.45, 7) is 4.62. The fourth-order valence-electron chi connectivity index (χ4n) is 5.64. The first kappa shape index (κ1) is 24.6. The van der Waals surface area contributed by atoms with E-state index in [1.165, 1.54) is 13.2 Å². The minimum absolute atomic E-state index is 0.0697. The van der Waals surface area contributed by atoms with Crippen LogP contribution in [0.2, 0.25) is 0 Å². The van der Waals surface area contributed by atoms with Crippen molar-refractivity contribution in [2.45, 2.75) is 77.3 Å². The summed E-state index contributed by atoms with van der Waals surface area (Å²) in [4.78, 5) is 39.1. The van der Waals surface area contributed by atoms with Gasteiger partial charge in [0.05, 0.1) is 12.5 Å². The summed E-state index contributed by atoms with van der Waals surface area (Å²) in [5.41, 5.74) is -0.235. The number of carbonyl (C=O) groups is 3. The second-order valence-electron chi connectivity index (χ2n) is 10.0. The largest absolute Gasteiger partial charge is 0.468 e. The van der Waals surface area contributed by atoms with Crippen LogP contribution >= 0.6 is 0 Å². The van der Waals surface area contributed by atoms with Gasteiger partial charge in [-0.2, -0.15) is 0 Å². The molecule has 1 aromatic carbocycles. The van der Waals surface area contributed by atoms with Crippen LogP contribution in [0.5, 0.6) is 0 Å². The number of methoxy groups -OCH3 is 1. The van der Waals surface area contributed by atoms with Crippen molar-refractivity contribution in [2.75, 3.05) is 13.7 Å². The molecule has 1 saturated heterocycles. The van der Waals surface area contributed by atoms with Crippen molar-refractivity contribution in [1.82, 2.24) is 0 Å². The number of esters is 2. The summed E-state index contributed by atoms with van der Waals surface area (Å²) in [5, 5.41) is 0. The average molecular weight is 471 g/mol. The first-order chi connectivity index (χ1) is 16.3. The number of fused-ring (bicyclic) bond motifs is 1. The fourth-order valence-corrected chi connectivity index (χ4v) is 5.64. The first-order valence-electron chi connectivity index (χ1n) is 12.1. The molecule has 1 aliphatic heterocycles. The Morgan fingerprint density at radius 3 is 2.53 bits per heavy atom. The number of hydrogen-bond donors (Lipinski definition) is 0. The number of hydrogen-bond acceptors (Lipinski definition) is 7. The van der Waals surface area contributed by atoms with Gasteiger partial charge in [0, 0.05) is 13.0 Å². The lowest BCUT2D eigenvalue weighted by molar-refractivity contribution is -0.209. The SMILES string of the molecule is COC(=O)[C@]12CCC(=O)C=C1[C@H](OC(=O)[C@@H](OC1CCCCO1)c1ccccc1)CCC2(C)C. The third kappa shape index (κ3) is 4.56. The summed E-state index contributed by atoms with van der Waals surface area (Å²) in [6, 6.07) is 9.19. The van der Waals surface area contributed by atoms with E-state index in [0.717, 1.165) is 12.8 Å². The van der Waals surface area contributed by atoms with Gasteiger partial charge in [0.15, 0.2) is 18.2 Å². The number of carbonyl (C=O) groups excluding carboxylic acids is 3. The molecule has 0 aromatic heterocycles. The quantitative estimate of drug-likeness (QED) is 0.568. The Bertz CT molecular complexity index is 945. The monoisotopic (exact) mass is 470 g/mol. The number of benzene rings is 1. The molecular formula is C27H34O7. The summed E-state index contributed by atoms with van der Waals surface area (Å²) in [6.07, 6.45) is 3.76. The molecular weight excluding hydrogens is 436 g/mol. The maximum absolute atomic E-state index is 13.5. The van der Waals surface area contributed by atoms with Crippen LogP contribution < -0.4 is 0 Å². The summed E-state index contributed by atoms with van der Waals surface area (Å²) >= 11 is 0. The lowest BCUT2D eigenvalue weighted by atomic mass is 9.51. The Hall–Kier alpha value is -2.51. The molecule has 0 N–H and O–H groups in total. The molecule has 2 fully saturated rings. The number of ketones is 1. The molecule has 184 valence electrons. The smallest absolute Gasteiger partial charge is 0.340 e. The van der Waals surface area contributed by atoms with Crippen LogP contribution in [0.25, 0.3) is 0 Å². The van der Waals surface area contributed by atoms with E-state index in [0.29, 0.717) is 43.4 Å². The highest BCUT2D eigenvalue weighted by atomic mass is 16.7. The summed E-state index contributed by atoms with van der Waals surface area (Å²) in [7, 11) is 1.36. The second-order valence-corrected chi connectivity index (χ2v) is 10.0. The molecule has 34 heavy (non-hydrogen) atoms. The maximum Gasteiger partial charge on any atom is 0.340 e. The second kappa shape index (κ2) is 10.0. The van der Waals surface area contributed by atoms with Gasteiger partial charge in [0.1, 0.15) is 6.10 Å². The summed E-state index contributed by atoms with van der Waals surface area (Å²) in [5.74, 6) is -1.01. The lowest BCUT2D eigenvalue weighted by Gasteiger charge is -2.53. The van der Waals surface area contributed by atoms with E-state index in [2.05, 4.69) is 0 Å². The molecule has 1 heterocycles. The zero-order chi connectivity index (χ0) is 24.3. The van der Waals surface area contributed by atoms with Gasteiger partial charge >= 0.3 is 11.9 Å². The zero-order valence-corrected chi connectivity index (χ0v) is 20.2. The molecule has 0 amide bonds. The Balaban J connectivity index is 1.63. The molecule has 1 aromatic rings. The van der Waals surface area contributed by atoms with E-state index in [4.69, 9.17) is 18.9 Å². The standard InChI is InChI=1S/C27H34O7/c1-26(2)14-13-21(20-17-19(28)12-15-27(20,26)25(30)31-3)33-24(29)23(18-9-5-4-6-10-18)34-22-11-7-8-16-32-22/h4-6,9-10,17,21-23H,7-8,11-16H2,1-3H3/t21-,22?,23+,27+/m1/s1. The molecule has 7 nitrogen and oxygen atoms in total. The summed E-state index contributed by atoms with van der Waals surface area (Å²) < 4.78 is 23.1. The van der Waals surface area contributed by atoms with E-state index in [1.807, 2.05) is 44.2 Å². The van der Waals surface area contributed by atoms with E-state index in [1.54, 1.807) is 0 Å². The van der Waals surface area contributed by atoms with Gasteiger partial charge in [0.2, 0.25) is 0 Å². The van der Waals surface area contributed by atoms with Gasteiger partial charge < -0.3 is 18.9 Å². The van der Waals surface area contributed by atoms with Crippen LogP contribution in [0.3, 0.4) is 0 Å². The Labute approximate surface area is 200 Å². The van der Waals surface area contributed by atoms with Crippen LogP contribution in [-0.4, -0.2) is 43.8 Å². The topological polar surface area (TPSA) is 88.1 Å². The highest BCUT2D eigenvalue weighted by Gasteiger charge is 2.60. The van der Waals surface area contributed by atoms with Crippen molar-refractivity contribution < 1.29 is 33.3 Å².